The molecular formula is C31H29N3O3. The van der Waals surface area contributed by atoms with Gasteiger partial charge < -0.3 is 9.30 Å². The number of rotatable bonds is 5. The van der Waals surface area contributed by atoms with Gasteiger partial charge in [0.15, 0.2) is 0 Å². The molecule has 1 amide bonds. The Morgan fingerprint density at radius 2 is 1.62 bits per heavy atom. The minimum Gasteiger partial charge on any atom is -0.459 e. The lowest BCUT2D eigenvalue weighted by Crippen LogP contribution is -2.26. The Morgan fingerprint density at radius 3 is 2.32 bits per heavy atom. The fourth-order valence-corrected chi connectivity index (χ4v) is 4.40. The van der Waals surface area contributed by atoms with Gasteiger partial charge in [-0.1, -0.05) is 66.2 Å². The van der Waals surface area contributed by atoms with Crippen LogP contribution in [0.1, 0.15) is 37.5 Å². The van der Waals surface area contributed by atoms with E-state index in [1.807, 2.05) is 123 Å². The molecule has 1 aliphatic rings. The zero-order valence-electron chi connectivity index (χ0n) is 21.4. The number of ether oxygens (including phenoxy) is 1. The summed E-state index contributed by atoms with van der Waals surface area (Å²) in [5, 5.41) is 7.13. The molecule has 1 aliphatic heterocycles. The Morgan fingerprint density at radius 1 is 0.946 bits per heavy atom. The highest BCUT2D eigenvalue weighted by Crippen LogP contribution is 2.30. The molecule has 4 aromatic rings. The molecule has 2 heterocycles. The summed E-state index contributed by atoms with van der Waals surface area (Å²) >= 11 is 0. The molecule has 0 fully saturated rings. The van der Waals surface area contributed by atoms with E-state index in [2.05, 4.69) is 0 Å². The lowest BCUT2D eigenvalue weighted by Gasteiger charge is -2.19. The molecule has 0 radical (unpaired) electrons. The van der Waals surface area contributed by atoms with Gasteiger partial charge in [-0.2, -0.15) is 10.1 Å². The normalized spacial score (nSPS) is 14.9. The maximum absolute atomic E-state index is 13.7. The number of hydrogen-bond acceptors (Lipinski definition) is 4. The fraction of sp³-hybridized carbons (Fsp3) is 0.194. The molecule has 3 aromatic carbocycles. The Hall–Kier alpha value is -4.45. The van der Waals surface area contributed by atoms with Gasteiger partial charge in [-0.05, 0) is 52.0 Å². The summed E-state index contributed by atoms with van der Waals surface area (Å²) in [5.74, 6) is -0.520. The van der Waals surface area contributed by atoms with Crippen LogP contribution in [0.15, 0.2) is 95.7 Å². The number of amides is 1. The predicted octanol–water partition coefficient (Wildman–Crippen LogP) is 6.13. The molecule has 37 heavy (non-hydrogen) atoms. The first-order valence-electron chi connectivity index (χ1n) is 12.3. The molecule has 186 valence electrons. The van der Waals surface area contributed by atoms with Gasteiger partial charge in [-0.25, -0.2) is 0 Å². The van der Waals surface area contributed by atoms with Crippen molar-refractivity contribution in [1.29, 1.82) is 0 Å². The number of anilines is 1. The van der Waals surface area contributed by atoms with Crippen molar-refractivity contribution in [3.63, 3.8) is 0 Å². The van der Waals surface area contributed by atoms with E-state index >= 15 is 0 Å². The van der Waals surface area contributed by atoms with E-state index in [0.29, 0.717) is 17.0 Å². The Kier molecular flexibility index (Phi) is 6.25. The van der Waals surface area contributed by atoms with Gasteiger partial charge in [0.25, 0.3) is 5.91 Å². The van der Waals surface area contributed by atoms with Crippen LogP contribution in [-0.4, -0.2) is 27.8 Å². The van der Waals surface area contributed by atoms with E-state index in [1.165, 1.54) is 5.01 Å². The van der Waals surface area contributed by atoms with Crippen LogP contribution in [0.25, 0.3) is 17.0 Å². The number of hydrazone groups is 1. The number of esters is 1. The molecule has 0 unspecified atom stereocenters. The number of fused-ring (bicyclic) bond motifs is 1. The molecule has 0 spiro atoms. The van der Waals surface area contributed by atoms with Gasteiger partial charge >= 0.3 is 5.97 Å². The minimum atomic E-state index is -0.568. The monoisotopic (exact) mass is 491 g/mol. The van der Waals surface area contributed by atoms with Gasteiger partial charge in [0.1, 0.15) is 17.9 Å². The summed E-state index contributed by atoms with van der Waals surface area (Å²) < 4.78 is 7.41. The Bertz CT molecular complexity index is 1540. The predicted molar refractivity (Wildman–Crippen MR) is 147 cm³/mol. The maximum atomic E-state index is 13.7. The van der Waals surface area contributed by atoms with E-state index in [1.54, 1.807) is 0 Å². The van der Waals surface area contributed by atoms with Crippen molar-refractivity contribution in [2.75, 3.05) is 5.01 Å². The Labute approximate surface area is 216 Å². The van der Waals surface area contributed by atoms with E-state index in [4.69, 9.17) is 9.84 Å². The molecule has 0 bridgehead atoms. The van der Waals surface area contributed by atoms with Crippen LogP contribution in [0.3, 0.4) is 0 Å². The first-order chi connectivity index (χ1) is 17.7. The van der Waals surface area contributed by atoms with Crippen molar-refractivity contribution in [3.8, 4) is 0 Å². The molecule has 6 heteroatoms. The second-order valence-corrected chi connectivity index (χ2v) is 10.1. The summed E-state index contributed by atoms with van der Waals surface area (Å²) in [5.41, 5.74) is 4.92. The number of carbonyl (C=O) groups is 2. The van der Waals surface area contributed by atoms with E-state index in [9.17, 15) is 9.59 Å². The standard InChI is InChI=1S/C31H29N3O3/c1-21-14-16-24(17-15-21)34-30(36)26(29(32-34)22-10-6-5-7-11-22)18-23-19-33(20-28(35)37-31(2,3)4)27-13-9-8-12-25(23)27/h5-19H,20H2,1-4H3/b26-18-. The number of nitrogens with zero attached hydrogens (tertiary/aromatic N) is 3. The van der Waals surface area contributed by atoms with Gasteiger partial charge in [-0.15, -0.1) is 0 Å². The van der Waals surface area contributed by atoms with Crippen LogP contribution in [0.5, 0.6) is 0 Å². The topological polar surface area (TPSA) is 63.9 Å². The van der Waals surface area contributed by atoms with Gasteiger partial charge in [0.2, 0.25) is 0 Å². The second kappa shape index (κ2) is 9.54. The molecule has 0 saturated heterocycles. The zero-order valence-corrected chi connectivity index (χ0v) is 21.4. The van der Waals surface area contributed by atoms with Crippen molar-refractivity contribution in [2.45, 2.75) is 39.8 Å². The van der Waals surface area contributed by atoms with Crippen LogP contribution >= 0.6 is 0 Å². The second-order valence-electron chi connectivity index (χ2n) is 10.1. The molecular weight excluding hydrogens is 462 g/mol. The van der Waals surface area contributed by atoms with Crippen molar-refractivity contribution >= 4 is 40.3 Å². The van der Waals surface area contributed by atoms with Crippen LogP contribution in [-0.2, 0) is 20.9 Å². The average molecular weight is 492 g/mol. The van der Waals surface area contributed by atoms with Crippen molar-refractivity contribution in [1.82, 2.24) is 4.57 Å². The summed E-state index contributed by atoms with van der Waals surface area (Å²) in [6, 6.07) is 25.3. The minimum absolute atomic E-state index is 0.0734. The smallest absolute Gasteiger partial charge is 0.326 e. The third-order valence-corrected chi connectivity index (χ3v) is 6.04. The number of hydrogen-bond donors (Lipinski definition) is 0. The number of aryl methyl sites for hydroxylation is 1. The van der Waals surface area contributed by atoms with Gasteiger partial charge in [0.05, 0.1) is 11.3 Å². The lowest BCUT2D eigenvalue weighted by molar-refractivity contribution is -0.155. The quantitative estimate of drug-likeness (QED) is 0.249. The molecule has 0 N–H and O–H groups in total. The van der Waals surface area contributed by atoms with E-state index < -0.39 is 5.60 Å². The van der Waals surface area contributed by atoms with Crippen molar-refractivity contribution in [2.24, 2.45) is 5.10 Å². The summed E-state index contributed by atoms with van der Waals surface area (Å²) in [4.78, 5) is 26.3. The highest BCUT2D eigenvalue weighted by molar-refractivity contribution is 6.37. The van der Waals surface area contributed by atoms with Crippen molar-refractivity contribution in [3.05, 3.63) is 107 Å². The molecule has 5 rings (SSSR count). The van der Waals surface area contributed by atoms with Gasteiger partial charge in [-0.3, -0.25) is 9.59 Å². The number of benzene rings is 3. The number of carbonyl (C=O) groups excluding carboxylic acids is 2. The average Bonchev–Trinajstić information content (AvgIpc) is 3.37. The number of para-hydroxylation sites is 1. The van der Waals surface area contributed by atoms with Crippen molar-refractivity contribution < 1.29 is 14.3 Å². The first-order valence-corrected chi connectivity index (χ1v) is 12.3. The van der Waals surface area contributed by atoms with Crippen LogP contribution < -0.4 is 5.01 Å². The lowest BCUT2D eigenvalue weighted by atomic mass is 10.00. The molecule has 0 aliphatic carbocycles. The van der Waals surface area contributed by atoms with E-state index in [0.717, 1.165) is 27.6 Å². The zero-order chi connectivity index (χ0) is 26.2. The highest BCUT2D eigenvalue weighted by Gasteiger charge is 2.32. The molecule has 1 aromatic heterocycles. The largest absolute Gasteiger partial charge is 0.459 e. The van der Waals surface area contributed by atoms with E-state index in [-0.39, 0.29) is 18.4 Å². The van der Waals surface area contributed by atoms with Gasteiger partial charge in [0, 0.05) is 28.2 Å². The summed E-state index contributed by atoms with van der Waals surface area (Å²) in [6.45, 7) is 7.63. The maximum Gasteiger partial charge on any atom is 0.326 e. The third-order valence-electron chi connectivity index (χ3n) is 6.04. The molecule has 0 atom stereocenters. The van der Waals surface area contributed by atoms with Crippen LogP contribution in [0, 0.1) is 6.92 Å². The SMILES string of the molecule is Cc1ccc(N2N=C(c3ccccc3)/C(=C/c3cn(CC(=O)OC(C)(C)C)c4ccccc34)C2=O)cc1. The summed E-state index contributed by atoms with van der Waals surface area (Å²) in [7, 11) is 0. The van der Waals surface area contributed by atoms with Crippen LogP contribution in [0.4, 0.5) is 5.69 Å². The number of aromatic nitrogens is 1. The van der Waals surface area contributed by atoms with Crippen LogP contribution in [0.2, 0.25) is 0 Å². The molecule has 6 nitrogen and oxygen atoms in total. The first kappa shape index (κ1) is 24.3. The molecule has 0 saturated carbocycles. The highest BCUT2D eigenvalue weighted by atomic mass is 16.6. The Balaban J connectivity index is 1.59. The fourth-order valence-electron chi connectivity index (χ4n) is 4.40. The summed E-state index contributed by atoms with van der Waals surface area (Å²) in [6.07, 6.45) is 3.77. The third kappa shape index (κ3) is 5.09.